The summed E-state index contributed by atoms with van der Waals surface area (Å²) in [4.78, 5) is 0. The summed E-state index contributed by atoms with van der Waals surface area (Å²) >= 11 is 0. The van der Waals surface area contributed by atoms with Crippen LogP contribution in [0.15, 0.2) is 24.4 Å². The third-order valence-corrected chi connectivity index (χ3v) is 3.29. The highest BCUT2D eigenvalue weighted by Gasteiger charge is 2.20. The lowest BCUT2D eigenvalue weighted by Gasteiger charge is -2.05. The minimum absolute atomic E-state index is 0.705. The highest BCUT2D eigenvalue weighted by molar-refractivity contribution is 5.41. The smallest absolute Gasteiger partial charge is 0.0969 e. The van der Waals surface area contributed by atoms with Gasteiger partial charge in [0, 0.05) is 12.6 Å². The lowest BCUT2D eigenvalue weighted by Crippen LogP contribution is -2.15. The number of aromatic nitrogens is 3. The fraction of sp³-hybridized carbons (Fsp3) is 0.429. The molecule has 4 nitrogen and oxygen atoms in total. The van der Waals surface area contributed by atoms with Crippen LogP contribution < -0.4 is 5.32 Å². The van der Waals surface area contributed by atoms with Gasteiger partial charge in [-0.05, 0) is 38.3 Å². The Labute approximate surface area is 107 Å². The zero-order valence-corrected chi connectivity index (χ0v) is 10.8. The highest BCUT2D eigenvalue weighted by Crippen LogP contribution is 2.19. The number of nitrogens with one attached hydrogen (secondary N) is 1. The second-order valence-electron chi connectivity index (χ2n) is 5.10. The van der Waals surface area contributed by atoms with E-state index in [1.807, 2.05) is 10.9 Å². The quantitative estimate of drug-likeness (QED) is 0.893. The summed E-state index contributed by atoms with van der Waals surface area (Å²) in [5.74, 6) is 0. The standard InChI is InChI=1S/C14H18N4/c1-10-3-6-14(11(2)7-10)18-9-13(16-17-18)8-15-12-4-5-12/h3,6-7,9,12,15H,4-5,8H2,1-2H3. The fourth-order valence-corrected chi connectivity index (χ4v) is 2.10. The molecule has 0 atom stereocenters. The van der Waals surface area contributed by atoms with Gasteiger partial charge in [-0.3, -0.25) is 0 Å². The average molecular weight is 242 g/mol. The molecule has 1 aromatic carbocycles. The molecule has 0 spiro atoms. The van der Waals surface area contributed by atoms with Crippen LogP contribution in [0.1, 0.15) is 29.7 Å². The third-order valence-electron chi connectivity index (χ3n) is 3.29. The van der Waals surface area contributed by atoms with Gasteiger partial charge in [-0.2, -0.15) is 0 Å². The number of nitrogens with zero attached hydrogens (tertiary/aromatic N) is 3. The first kappa shape index (κ1) is 11.4. The van der Waals surface area contributed by atoms with E-state index in [2.05, 4.69) is 47.7 Å². The van der Waals surface area contributed by atoms with Gasteiger partial charge in [0.15, 0.2) is 0 Å². The van der Waals surface area contributed by atoms with E-state index in [1.54, 1.807) is 0 Å². The Morgan fingerprint density at radius 3 is 2.89 bits per heavy atom. The molecule has 0 radical (unpaired) electrons. The van der Waals surface area contributed by atoms with Gasteiger partial charge < -0.3 is 5.32 Å². The molecular weight excluding hydrogens is 224 g/mol. The van der Waals surface area contributed by atoms with Crippen LogP contribution >= 0.6 is 0 Å². The molecule has 18 heavy (non-hydrogen) atoms. The van der Waals surface area contributed by atoms with Gasteiger partial charge in [-0.1, -0.05) is 22.9 Å². The Morgan fingerprint density at radius 1 is 1.33 bits per heavy atom. The molecule has 1 fully saturated rings. The molecule has 1 saturated carbocycles. The number of rotatable bonds is 4. The van der Waals surface area contributed by atoms with Gasteiger partial charge >= 0.3 is 0 Å². The summed E-state index contributed by atoms with van der Waals surface area (Å²) < 4.78 is 1.86. The van der Waals surface area contributed by atoms with E-state index in [4.69, 9.17) is 0 Å². The molecule has 0 amide bonds. The summed E-state index contributed by atoms with van der Waals surface area (Å²) in [6, 6.07) is 7.07. The Hall–Kier alpha value is -1.68. The van der Waals surface area contributed by atoms with Crippen LogP contribution in [0, 0.1) is 13.8 Å². The van der Waals surface area contributed by atoms with Gasteiger partial charge in [-0.15, -0.1) is 5.10 Å². The SMILES string of the molecule is Cc1ccc(-n2cc(CNC3CC3)nn2)c(C)c1. The van der Waals surface area contributed by atoms with Crippen LogP contribution in [-0.2, 0) is 6.54 Å². The maximum absolute atomic E-state index is 4.21. The Balaban J connectivity index is 1.78. The number of hydrogen-bond donors (Lipinski definition) is 1. The van der Waals surface area contributed by atoms with Crippen LogP contribution in [0.3, 0.4) is 0 Å². The second kappa shape index (κ2) is 4.53. The predicted octanol–water partition coefficient (Wildman–Crippen LogP) is 2.14. The van der Waals surface area contributed by atoms with E-state index in [1.165, 1.54) is 24.0 Å². The molecular formula is C14H18N4. The molecule has 0 bridgehead atoms. The van der Waals surface area contributed by atoms with Gasteiger partial charge in [0.1, 0.15) is 0 Å². The Morgan fingerprint density at radius 2 is 2.17 bits per heavy atom. The summed E-state index contributed by atoms with van der Waals surface area (Å²) in [7, 11) is 0. The van der Waals surface area contributed by atoms with Crippen LogP contribution in [0.4, 0.5) is 0 Å². The molecule has 1 N–H and O–H groups in total. The molecule has 0 unspecified atom stereocenters. The van der Waals surface area contributed by atoms with E-state index in [0.717, 1.165) is 17.9 Å². The number of aryl methyl sites for hydroxylation is 2. The van der Waals surface area contributed by atoms with Crippen molar-refractivity contribution in [2.75, 3.05) is 0 Å². The molecule has 3 rings (SSSR count). The first-order valence-corrected chi connectivity index (χ1v) is 6.44. The lowest BCUT2D eigenvalue weighted by molar-refractivity contribution is 0.671. The molecule has 4 heteroatoms. The van der Waals surface area contributed by atoms with Crippen LogP contribution in [0.25, 0.3) is 5.69 Å². The van der Waals surface area contributed by atoms with Crippen molar-refractivity contribution in [3.05, 3.63) is 41.2 Å². The highest BCUT2D eigenvalue weighted by atomic mass is 15.4. The van der Waals surface area contributed by atoms with Gasteiger partial charge in [0.05, 0.1) is 17.6 Å². The maximum Gasteiger partial charge on any atom is 0.0969 e. The minimum atomic E-state index is 0.705. The topological polar surface area (TPSA) is 42.7 Å². The zero-order chi connectivity index (χ0) is 12.5. The summed E-state index contributed by atoms with van der Waals surface area (Å²) in [6.07, 6.45) is 4.60. The average Bonchev–Trinajstić information content (AvgIpc) is 3.05. The molecule has 1 aromatic heterocycles. The molecule has 1 aliphatic carbocycles. The van der Waals surface area contributed by atoms with Crippen molar-refractivity contribution < 1.29 is 0 Å². The van der Waals surface area contributed by atoms with Crippen molar-refractivity contribution in [1.29, 1.82) is 0 Å². The molecule has 1 heterocycles. The Kier molecular flexibility index (Phi) is 2.88. The van der Waals surface area contributed by atoms with E-state index < -0.39 is 0 Å². The summed E-state index contributed by atoms with van der Waals surface area (Å²) in [5, 5.41) is 11.9. The molecule has 94 valence electrons. The lowest BCUT2D eigenvalue weighted by atomic mass is 10.1. The normalized spacial score (nSPS) is 15.0. The van der Waals surface area contributed by atoms with Gasteiger partial charge in [0.2, 0.25) is 0 Å². The summed E-state index contributed by atoms with van der Waals surface area (Å²) in [5.41, 5.74) is 4.60. The monoisotopic (exact) mass is 242 g/mol. The van der Waals surface area contributed by atoms with Crippen LogP contribution in [-0.4, -0.2) is 21.0 Å². The third kappa shape index (κ3) is 2.43. The predicted molar refractivity (Wildman–Crippen MR) is 70.7 cm³/mol. The van der Waals surface area contributed by atoms with E-state index in [-0.39, 0.29) is 0 Å². The van der Waals surface area contributed by atoms with Gasteiger partial charge in [0.25, 0.3) is 0 Å². The van der Waals surface area contributed by atoms with E-state index in [9.17, 15) is 0 Å². The van der Waals surface area contributed by atoms with Crippen LogP contribution in [0.2, 0.25) is 0 Å². The molecule has 1 aliphatic rings. The second-order valence-corrected chi connectivity index (χ2v) is 5.10. The van der Waals surface area contributed by atoms with E-state index in [0.29, 0.717) is 6.04 Å². The molecule has 2 aromatic rings. The van der Waals surface area contributed by atoms with Crippen molar-refractivity contribution in [3.8, 4) is 5.69 Å². The first-order chi connectivity index (χ1) is 8.72. The van der Waals surface area contributed by atoms with Crippen molar-refractivity contribution in [1.82, 2.24) is 20.3 Å². The fourth-order valence-electron chi connectivity index (χ4n) is 2.10. The van der Waals surface area contributed by atoms with Crippen molar-refractivity contribution in [2.24, 2.45) is 0 Å². The largest absolute Gasteiger partial charge is 0.308 e. The van der Waals surface area contributed by atoms with Gasteiger partial charge in [-0.25, -0.2) is 4.68 Å². The maximum atomic E-state index is 4.21. The molecule has 0 aliphatic heterocycles. The first-order valence-electron chi connectivity index (χ1n) is 6.44. The molecule has 0 saturated heterocycles. The van der Waals surface area contributed by atoms with Crippen LogP contribution in [0.5, 0.6) is 0 Å². The number of benzene rings is 1. The summed E-state index contributed by atoms with van der Waals surface area (Å²) in [6.45, 7) is 5.02. The van der Waals surface area contributed by atoms with Crippen molar-refractivity contribution in [3.63, 3.8) is 0 Å². The Bertz CT molecular complexity index is 555. The van der Waals surface area contributed by atoms with Crippen molar-refractivity contribution >= 4 is 0 Å². The van der Waals surface area contributed by atoms with Crippen molar-refractivity contribution in [2.45, 2.75) is 39.3 Å². The minimum Gasteiger partial charge on any atom is -0.308 e. The van der Waals surface area contributed by atoms with E-state index >= 15 is 0 Å². The number of hydrogen-bond acceptors (Lipinski definition) is 3. The zero-order valence-electron chi connectivity index (χ0n) is 10.8.